The molecule has 1 amide bonds. The first-order valence-electron chi connectivity index (χ1n) is 11.3. The van der Waals surface area contributed by atoms with Crippen LogP contribution >= 0.6 is 15.9 Å². The number of rotatable bonds is 6. The molecule has 3 aromatic heterocycles. The van der Waals surface area contributed by atoms with Gasteiger partial charge in [-0.1, -0.05) is 57.9 Å². The largest absolute Gasteiger partial charge is 0.289 e. The Hall–Kier alpha value is -3.85. The molecule has 0 fully saturated rings. The summed E-state index contributed by atoms with van der Waals surface area (Å²) in [5, 5.41) is 12.4. The minimum absolute atomic E-state index is 0.0968. The molecule has 0 aliphatic carbocycles. The minimum Gasteiger partial charge on any atom is -0.289 e. The summed E-state index contributed by atoms with van der Waals surface area (Å²) >= 11 is 3.48. The van der Waals surface area contributed by atoms with Gasteiger partial charge < -0.3 is 0 Å². The van der Waals surface area contributed by atoms with Crippen molar-refractivity contribution < 1.29 is 4.79 Å². The first kappa shape index (κ1) is 22.9. The smallest absolute Gasteiger partial charge is 0.258 e. The molecular weight excluding hydrogens is 506 g/mol. The van der Waals surface area contributed by atoms with E-state index in [0.29, 0.717) is 28.8 Å². The van der Waals surface area contributed by atoms with Gasteiger partial charge in [0.25, 0.3) is 5.91 Å². The maximum absolute atomic E-state index is 13.4. The van der Waals surface area contributed by atoms with Crippen molar-refractivity contribution in [1.82, 2.24) is 29.5 Å². The van der Waals surface area contributed by atoms with Crippen LogP contribution in [0.4, 0.5) is 5.95 Å². The fourth-order valence-corrected chi connectivity index (χ4v) is 4.32. The van der Waals surface area contributed by atoms with Crippen molar-refractivity contribution in [3.05, 3.63) is 88.3 Å². The molecule has 0 saturated heterocycles. The molecule has 5 aromatic rings. The van der Waals surface area contributed by atoms with E-state index < -0.39 is 0 Å². The zero-order chi connectivity index (χ0) is 24.5. The molecule has 0 aliphatic rings. The monoisotopic (exact) mass is 529 g/mol. The molecule has 0 saturated carbocycles. The first-order valence-corrected chi connectivity index (χ1v) is 12.1. The number of fused-ring (bicyclic) bond motifs is 1. The number of aromatic nitrogens is 6. The molecule has 2 aromatic carbocycles. The second-order valence-corrected chi connectivity index (χ2v) is 9.61. The third-order valence-corrected chi connectivity index (χ3v) is 6.14. The van der Waals surface area contributed by atoms with E-state index in [9.17, 15) is 4.79 Å². The van der Waals surface area contributed by atoms with Gasteiger partial charge >= 0.3 is 0 Å². The van der Waals surface area contributed by atoms with Crippen LogP contribution in [0, 0.1) is 6.92 Å². The van der Waals surface area contributed by atoms with Gasteiger partial charge in [-0.25, -0.2) is 19.3 Å². The molecule has 176 valence electrons. The lowest BCUT2D eigenvalue weighted by molar-refractivity contribution is 0.102. The van der Waals surface area contributed by atoms with Crippen LogP contribution in [0.2, 0.25) is 0 Å². The van der Waals surface area contributed by atoms with Crippen molar-refractivity contribution in [1.29, 1.82) is 0 Å². The van der Waals surface area contributed by atoms with Crippen LogP contribution in [-0.2, 0) is 6.54 Å². The number of benzene rings is 2. The van der Waals surface area contributed by atoms with Crippen molar-refractivity contribution in [2.75, 3.05) is 5.32 Å². The van der Waals surface area contributed by atoms with E-state index in [2.05, 4.69) is 36.4 Å². The quantitative estimate of drug-likeness (QED) is 0.307. The van der Waals surface area contributed by atoms with E-state index in [4.69, 9.17) is 4.98 Å². The average molecular weight is 530 g/mol. The molecule has 35 heavy (non-hydrogen) atoms. The summed E-state index contributed by atoms with van der Waals surface area (Å²) in [6, 6.07) is 17.9. The standard InChI is InChI=1S/C26H24BrN7O/c1-16(2)34-24-22(13-29-34)21(12-23(30-24)19-9-7-17(3)8-10-19)25(35)31-26-28-15-33(32-26)14-18-5-4-6-20(27)11-18/h4-13,15-16H,14H2,1-3H3,(H,31,32,35). The number of pyridine rings is 1. The molecule has 0 aliphatic heterocycles. The van der Waals surface area contributed by atoms with E-state index in [1.165, 1.54) is 0 Å². The number of halogens is 1. The van der Waals surface area contributed by atoms with Crippen LogP contribution in [0.3, 0.4) is 0 Å². The third kappa shape index (κ3) is 4.85. The molecular formula is C26H24BrN7O. The van der Waals surface area contributed by atoms with Crippen LogP contribution in [-0.4, -0.2) is 35.4 Å². The fraction of sp³-hybridized carbons (Fsp3) is 0.192. The number of hydrogen-bond acceptors (Lipinski definition) is 5. The van der Waals surface area contributed by atoms with Gasteiger partial charge in [0.05, 0.1) is 29.4 Å². The lowest BCUT2D eigenvalue weighted by Gasteiger charge is -2.10. The zero-order valence-corrected chi connectivity index (χ0v) is 21.2. The highest BCUT2D eigenvalue weighted by atomic mass is 79.9. The van der Waals surface area contributed by atoms with Crippen molar-refractivity contribution >= 4 is 38.8 Å². The Balaban J connectivity index is 1.47. The molecule has 0 spiro atoms. The molecule has 3 heterocycles. The predicted molar refractivity (Wildman–Crippen MR) is 139 cm³/mol. The van der Waals surface area contributed by atoms with Crippen LogP contribution in [0.25, 0.3) is 22.3 Å². The lowest BCUT2D eigenvalue weighted by atomic mass is 10.1. The summed E-state index contributed by atoms with van der Waals surface area (Å²) in [6.45, 7) is 6.65. The number of amides is 1. The van der Waals surface area contributed by atoms with Gasteiger partial charge in [0.15, 0.2) is 5.65 Å². The molecule has 0 bridgehead atoms. The third-order valence-electron chi connectivity index (χ3n) is 5.64. The summed E-state index contributed by atoms with van der Waals surface area (Å²) in [4.78, 5) is 22.5. The van der Waals surface area contributed by atoms with E-state index in [1.807, 2.05) is 74.0 Å². The summed E-state index contributed by atoms with van der Waals surface area (Å²) in [7, 11) is 0. The van der Waals surface area contributed by atoms with E-state index >= 15 is 0 Å². The Bertz CT molecular complexity index is 1520. The molecule has 5 rings (SSSR count). The molecule has 0 atom stereocenters. The van der Waals surface area contributed by atoms with E-state index in [1.54, 1.807) is 23.3 Å². The summed E-state index contributed by atoms with van der Waals surface area (Å²) in [6.07, 6.45) is 3.29. The van der Waals surface area contributed by atoms with Gasteiger partial charge in [-0.2, -0.15) is 5.10 Å². The summed E-state index contributed by atoms with van der Waals surface area (Å²) < 4.78 is 4.51. The Kier molecular flexibility index (Phi) is 6.17. The van der Waals surface area contributed by atoms with Crippen molar-refractivity contribution in [3.63, 3.8) is 0 Å². The highest BCUT2D eigenvalue weighted by Crippen LogP contribution is 2.27. The molecule has 9 heteroatoms. The topological polar surface area (TPSA) is 90.5 Å². The van der Waals surface area contributed by atoms with Gasteiger partial charge in [0.1, 0.15) is 6.33 Å². The van der Waals surface area contributed by atoms with E-state index in [0.717, 1.165) is 21.2 Å². The lowest BCUT2D eigenvalue weighted by Crippen LogP contribution is -2.15. The van der Waals surface area contributed by atoms with Crippen molar-refractivity contribution in [2.24, 2.45) is 0 Å². The Morgan fingerprint density at radius 1 is 1.11 bits per heavy atom. The maximum atomic E-state index is 13.4. The molecule has 8 nitrogen and oxygen atoms in total. The van der Waals surface area contributed by atoms with Gasteiger partial charge in [-0.3, -0.25) is 10.1 Å². The molecule has 1 N–H and O–H groups in total. The summed E-state index contributed by atoms with van der Waals surface area (Å²) in [5.41, 5.74) is 5.00. The number of nitrogens with one attached hydrogen (secondary N) is 1. The molecule has 0 unspecified atom stereocenters. The second-order valence-electron chi connectivity index (χ2n) is 8.69. The van der Waals surface area contributed by atoms with Crippen LogP contribution in [0.1, 0.15) is 41.4 Å². The highest BCUT2D eigenvalue weighted by molar-refractivity contribution is 9.10. The number of nitrogens with zero attached hydrogens (tertiary/aromatic N) is 6. The number of aryl methyl sites for hydroxylation is 1. The SMILES string of the molecule is Cc1ccc(-c2cc(C(=O)Nc3ncn(Cc4cccc(Br)c4)n3)c3cnn(C(C)C)c3n2)cc1. The van der Waals surface area contributed by atoms with Crippen molar-refractivity contribution in [3.8, 4) is 11.3 Å². The normalized spacial score (nSPS) is 11.3. The number of anilines is 1. The minimum atomic E-state index is -0.311. The number of carbonyl (C=O) groups is 1. The number of hydrogen-bond donors (Lipinski definition) is 1. The van der Waals surface area contributed by atoms with Crippen LogP contribution < -0.4 is 5.32 Å². The summed E-state index contributed by atoms with van der Waals surface area (Å²) in [5.74, 6) is -0.0719. The zero-order valence-electron chi connectivity index (χ0n) is 19.6. The molecule has 0 radical (unpaired) electrons. The van der Waals surface area contributed by atoms with E-state index in [-0.39, 0.29) is 17.9 Å². The van der Waals surface area contributed by atoms with Gasteiger partial charge in [-0.15, -0.1) is 5.10 Å². The predicted octanol–water partition coefficient (Wildman–Crippen LogP) is 5.64. The fourth-order valence-electron chi connectivity index (χ4n) is 3.88. The van der Waals surface area contributed by atoms with Gasteiger partial charge in [-0.05, 0) is 44.5 Å². The van der Waals surface area contributed by atoms with Crippen molar-refractivity contribution in [2.45, 2.75) is 33.4 Å². The maximum Gasteiger partial charge on any atom is 0.258 e. The van der Waals surface area contributed by atoms with Gasteiger partial charge in [0.2, 0.25) is 5.95 Å². The van der Waals surface area contributed by atoms with Gasteiger partial charge in [0, 0.05) is 16.1 Å². The second kappa shape index (κ2) is 9.42. The number of carbonyl (C=O) groups excluding carboxylic acids is 1. The Labute approximate surface area is 211 Å². The van der Waals surface area contributed by atoms with Crippen LogP contribution in [0.15, 0.2) is 71.6 Å². The first-order chi connectivity index (χ1) is 16.9. The highest BCUT2D eigenvalue weighted by Gasteiger charge is 2.19. The van der Waals surface area contributed by atoms with Crippen LogP contribution in [0.5, 0.6) is 0 Å². The average Bonchev–Trinajstić information content (AvgIpc) is 3.45. The Morgan fingerprint density at radius 2 is 1.91 bits per heavy atom. The Morgan fingerprint density at radius 3 is 2.66 bits per heavy atom.